The highest BCUT2D eigenvalue weighted by molar-refractivity contribution is 9.10. The molecular formula is C34H34BrCl2N3O4S. The van der Waals surface area contributed by atoms with Crippen molar-refractivity contribution in [2.75, 3.05) is 10.8 Å². The Labute approximate surface area is 283 Å². The molecule has 7 nitrogen and oxygen atoms in total. The number of hydrogen-bond donors (Lipinski definition) is 1. The van der Waals surface area contributed by atoms with Gasteiger partial charge in [-0.1, -0.05) is 107 Å². The van der Waals surface area contributed by atoms with Crippen molar-refractivity contribution in [2.45, 2.75) is 50.2 Å². The van der Waals surface area contributed by atoms with Crippen molar-refractivity contribution in [3.63, 3.8) is 0 Å². The number of rotatable bonds is 13. The Balaban J connectivity index is 1.83. The first-order chi connectivity index (χ1) is 21.5. The van der Waals surface area contributed by atoms with Crippen molar-refractivity contribution in [3.8, 4) is 0 Å². The number of nitrogens with zero attached hydrogens (tertiary/aromatic N) is 2. The Morgan fingerprint density at radius 2 is 1.44 bits per heavy atom. The Morgan fingerprint density at radius 3 is 2.04 bits per heavy atom. The average Bonchev–Trinajstić information content (AvgIpc) is 3.01. The topological polar surface area (TPSA) is 86.8 Å². The molecule has 0 spiro atoms. The van der Waals surface area contributed by atoms with E-state index < -0.39 is 28.5 Å². The molecule has 0 aliphatic heterocycles. The fourth-order valence-corrected chi connectivity index (χ4v) is 7.14. The summed E-state index contributed by atoms with van der Waals surface area (Å²) in [5, 5.41) is 3.44. The standard InChI is InChI=1S/C34H34BrCl2N3O4S/c1-3-24(2)38-34(42)32(18-25-11-6-4-7-12-25)39(22-26-13-10-14-27(35)17-26)33(41)23-40(30-20-28(36)19-29(37)21-30)45(43,44)31-15-8-5-9-16-31/h4-17,19-21,24,32H,3,18,22-23H2,1-2H3,(H,38,42). The number of halogens is 3. The van der Waals surface area contributed by atoms with Crippen LogP contribution in [0.15, 0.2) is 112 Å². The van der Waals surface area contributed by atoms with Crippen molar-refractivity contribution >= 4 is 66.7 Å². The summed E-state index contributed by atoms with van der Waals surface area (Å²) in [6.45, 7) is 3.31. The van der Waals surface area contributed by atoms with Crippen LogP contribution in [0, 0.1) is 0 Å². The van der Waals surface area contributed by atoms with Gasteiger partial charge in [-0.2, -0.15) is 0 Å². The van der Waals surface area contributed by atoms with Crippen LogP contribution in [-0.4, -0.2) is 43.8 Å². The third-order valence-corrected chi connectivity index (χ3v) is 9.98. The van der Waals surface area contributed by atoms with Gasteiger partial charge in [0.15, 0.2) is 0 Å². The number of carbonyl (C=O) groups excluding carboxylic acids is 2. The van der Waals surface area contributed by atoms with Gasteiger partial charge in [-0.05, 0) is 66.9 Å². The van der Waals surface area contributed by atoms with Gasteiger partial charge in [-0.25, -0.2) is 8.42 Å². The Bertz CT molecular complexity index is 1710. The first kappa shape index (κ1) is 34.5. The molecule has 0 aromatic heterocycles. The van der Waals surface area contributed by atoms with E-state index in [2.05, 4.69) is 21.2 Å². The van der Waals surface area contributed by atoms with E-state index in [0.29, 0.717) is 6.42 Å². The zero-order chi connectivity index (χ0) is 32.6. The molecule has 0 heterocycles. The summed E-state index contributed by atoms with van der Waals surface area (Å²) in [6, 6.07) is 27.9. The second-order valence-electron chi connectivity index (χ2n) is 10.6. The van der Waals surface area contributed by atoms with E-state index in [1.165, 1.54) is 35.2 Å². The highest BCUT2D eigenvalue weighted by atomic mass is 79.9. The molecule has 0 fully saturated rings. The molecule has 4 aromatic carbocycles. The molecule has 0 saturated carbocycles. The normalized spacial score (nSPS) is 12.6. The van der Waals surface area contributed by atoms with E-state index in [1.54, 1.807) is 18.2 Å². The summed E-state index contributed by atoms with van der Waals surface area (Å²) < 4.78 is 30.0. The van der Waals surface area contributed by atoms with Crippen molar-refractivity contribution in [1.29, 1.82) is 0 Å². The maximum atomic E-state index is 14.5. The van der Waals surface area contributed by atoms with Crippen LogP contribution in [0.3, 0.4) is 0 Å². The second kappa shape index (κ2) is 15.8. The predicted molar refractivity (Wildman–Crippen MR) is 184 cm³/mol. The summed E-state index contributed by atoms with van der Waals surface area (Å²) in [6.07, 6.45) is 0.916. The van der Waals surface area contributed by atoms with E-state index in [1.807, 2.05) is 68.4 Å². The molecule has 2 atom stereocenters. The third kappa shape index (κ3) is 9.33. The molecule has 0 aliphatic carbocycles. The quantitative estimate of drug-likeness (QED) is 0.154. The molecule has 0 saturated heterocycles. The molecule has 4 aromatic rings. The lowest BCUT2D eigenvalue weighted by molar-refractivity contribution is -0.140. The number of carbonyl (C=O) groups is 2. The molecule has 2 unspecified atom stereocenters. The molecule has 4 rings (SSSR count). The minimum Gasteiger partial charge on any atom is -0.352 e. The molecular weight excluding hydrogens is 697 g/mol. The Kier molecular flexibility index (Phi) is 12.1. The summed E-state index contributed by atoms with van der Waals surface area (Å²) in [5.74, 6) is -0.911. The molecule has 236 valence electrons. The summed E-state index contributed by atoms with van der Waals surface area (Å²) >= 11 is 16.1. The van der Waals surface area contributed by atoms with Gasteiger partial charge in [0.2, 0.25) is 11.8 Å². The summed E-state index contributed by atoms with van der Waals surface area (Å²) in [4.78, 5) is 29.9. The number of anilines is 1. The van der Waals surface area contributed by atoms with E-state index in [9.17, 15) is 18.0 Å². The lowest BCUT2D eigenvalue weighted by atomic mass is 10.0. The lowest BCUT2D eigenvalue weighted by Gasteiger charge is -2.34. The second-order valence-corrected chi connectivity index (χ2v) is 14.3. The SMILES string of the molecule is CCC(C)NC(=O)C(Cc1ccccc1)N(Cc1cccc(Br)c1)C(=O)CN(c1cc(Cl)cc(Cl)c1)S(=O)(=O)c1ccccc1. The number of amides is 2. The molecule has 0 radical (unpaired) electrons. The molecule has 11 heteroatoms. The largest absolute Gasteiger partial charge is 0.352 e. The molecule has 2 amide bonds. The Morgan fingerprint density at radius 1 is 0.844 bits per heavy atom. The van der Waals surface area contributed by atoms with Crippen molar-refractivity contribution in [1.82, 2.24) is 10.2 Å². The highest BCUT2D eigenvalue weighted by Gasteiger charge is 2.35. The van der Waals surface area contributed by atoms with E-state index >= 15 is 0 Å². The molecule has 0 aliphatic rings. The number of hydrogen-bond acceptors (Lipinski definition) is 4. The fraction of sp³-hybridized carbons (Fsp3) is 0.235. The van der Waals surface area contributed by atoms with Gasteiger partial charge < -0.3 is 10.2 Å². The number of sulfonamides is 1. The van der Waals surface area contributed by atoms with Gasteiger partial charge in [0.25, 0.3) is 10.0 Å². The zero-order valence-electron chi connectivity index (χ0n) is 24.9. The van der Waals surface area contributed by atoms with Crippen LogP contribution in [0.2, 0.25) is 10.0 Å². The van der Waals surface area contributed by atoms with E-state index in [0.717, 1.165) is 19.9 Å². The molecule has 45 heavy (non-hydrogen) atoms. The summed E-state index contributed by atoms with van der Waals surface area (Å²) in [7, 11) is -4.26. The van der Waals surface area contributed by atoms with Crippen LogP contribution in [0.4, 0.5) is 5.69 Å². The maximum absolute atomic E-state index is 14.5. The zero-order valence-corrected chi connectivity index (χ0v) is 28.8. The highest BCUT2D eigenvalue weighted by Crippen LogP contribution is 2.30. The lowest BCUT2D eigenvalue weighted by Crippen LogP contribution is -2.54. The van der Waals surface area contributed by atoms with E-state index in [4.69, 9.17) is 23.2 Å². The third-order valence-electron chi connectivity index (χ3n) is 7.26. The number of nitrogens with one attached hydrogen (secondary N) is 1. The molecule has 1 N–H and O–H groups in total. The van der Waals surface area contributed by atoms with Crippen molar-refractivity contribution in [3.05, 3.63) is 129 Å². The Hall–Kier alpha value is -3.37. The van der Waals surface area contributed by atoms with Crippen LogP contribution in [0.1, 0.15) is 31.4 Å². The van der Waals surface area contributed by atoms with Gasteiger partial charge in [0.05, 0.1) is 10.6 Å². The van der Waals surface area contributed by atoms with E-state index in [-0.39, 0.29) is 45.5 Å². The minimum absolute atomic E-state index is 0.0113. The molecule has 0 bridgehead atoms. The van der Waals surface area contributed by atoms with Crippen LogP contribution in [0.5, 0.6) is 0 Å². The van der Waals surface area contributed by atoms with Gasteiger partial charge in [-0.3, -0.25) is 13.9 Å². The van der Waals surface area contributed by atoms with Crippen LogP contribution in [0.25, 0.3) is 0 Å². The first-order valence-corrected chi connectivity index (χ1v) is 17.4. The van der Waals surface area contributed by atoms with Gasteiger partial charge in [0, 0.05) is 33.5 Å². The smallest absolute Gasteiger partial charge is 0.264 e. The van der Waals surface area contributed by atoms with Crippen LogP contribution < -0.4 is 9.62 Å². The van der Waals surface area contributed by atoms with Crippen LogP contribution in [-0.2, 0) is 32.6 Å². The van der Waals surface area contributed by atoms with Gasteiger partial charge >= 0.3 is 0 Å². The van der Waals surface area contributed by atoms with Crippen LogP contribution >= 0.6 is 39.1 Å². The minimum atomic E-state index is -4.26. The average molecular weight is 732 g/mol. The predicted octanol–water partition coefficient (Wildman–Crippen LogP) is 7.51. The van der Waals surface area contributed by atoms with Crippen molar-refractivity contribution in [2.24, 2.45) is 0 Å². The summed E-state index contributed by atoms with van der Waals surface area (Å²) in [5.41, 5.74) is 1.73. The first-order valence-electron chi connectivity index (χ1n) is 14.4. The van der Waals surface area contributed by atoms with Gasteiger partial charge in [0.1, 0.15) is 12.6 Å². The fourth-order valence-electron chi connectivity index (χ4n) is 4.76. The monoisotopic (exact) mass is 729 g/mol. The number of benzene rings is 4. The van der Waals surface area contributed by atoms with Crippen molar-refractivity contribution < 1.29 is 18.0 Å². The van der Waals surface area contributed by atoms with Gasteiger partial charge in [-0.15, -0.1) is 0 Å². The maximum Gasteiger partial charge on any atom is 0.264 e.